The number of methoxy groups -OCH3 is 2. The number of carbonyl (C=O) groups is 2. The molecule has 0 aromatic heterocycles. The molecule has 4 atom stereocenters. The van der Waals surface area contributed by atoms with Crippen molar-refractivity contribution in [3.8, 4) is 0 Å². The first kappa shape index (κ1) is 15.8. The molecule has 2 aliphatic rings. The van der Waals surface area contributed by atoms with Gasteiger partial charge in [-0.15, -0.1) is 0 Å². The molecule has 2 aromatic rings. The van der Waals surface area contributed by atoms with Crippen molar-refractivity contribution in [3.05, 3.63) is 71.8 Å². The summed E-state index contributed by atoms with van der Waals surface area (Å²) in [6.07, 6.45) is 0.350. The Labute approximate surface area is 146 Å². The van der Waals surface area contributed by atoms with Crippen LogP contribution in [-0.4, -0.2) is 36.6 Å². The van der Waals surface area contributed by atoms with Crippen LogP contribution in [0.4, 0.5) is 0 Å². The molecule has 4 rings (SSSR count). The molecule has 0 saturated carbocycles. The van der Waals surface area contributed by atoms with Gasteiger partial charge < -0.3 is 9.47 Å². The maximum atomic E-state index is 12.8. The number of rotatable bonds is 4. The summed E-state index contributed by atoms with van der Waals surface area (Å²) in [5.74, 6) is -0.659. The Morgan fingerprint density at radius 1 is 0.920 bits per heavy atom. The number of carbonyl (C=O) groups excluding carboxylic acids is 2. The number of hydrogen-bond donors (Lipinski definition) is 0. The van der Waals surface area contributed by atoms with Gasteiger partial charge in [-0.25, -0.2) is 9.59 Å². The topological polar surface area (TPSA) is 55.6 Å². The van der Waals surface area contributed by atoms with Gasteiger partial charge in [0.05, 0.1) is 20.3 Å². The van der Waals surface area contributed by atoms with Crippen LogP contribution >= 0.6 is 0 Å². The van der Waals surface area contributed by atoms with Crippen LogP contribution in [0.15, 0.2) is 60.7 Å². The number of fused-ring (bicyclic) bond motifs is 1. The third-order valence-electron chi connectivity index (χ3n) is 5.44. The molecule has 2 aromatic carbocycles. The van der Waals surface area contributed by atoms with Crippen LogP contribution in [0.3, 0.4) is 0 Å². The predicted octanol–water partition coefficient (Wildman–Crippen LogP) is 2.43. The monoisotopic (exact) mass is 337 g/mol. The van der Waals surface area contributed by atoms with E-state index in [-0.39, 0.29) is 18.0 Å². The minimum atomic E-state index is -0.954. The van der Waals surface area contributed by atoms with Gasteiger partial charge in [-0.05, 0) is 11.1 Å². The standard InChI is InChI=1S/C20H19NO4/c1-24-17(22)19(15-11-7-4-8-12-15)13-20(18(23)25-2)16(21(19)20)14-9-5-3-6-10-14/h3-12,16H,13H2,1-2H3/t16-,19?,20-,21?/m0/s1. The van der Waals surface area contributed by atoms with Crippen LogP contribution in [0.1, 0.15) is 23.6 Å². The Morgan fingerprint density at radius 3 is 2.04 bits per heavy atom. The first-order valence-corrected chi connectivity index (χ1v) is 8.19. The van der Waals surface area contributed by atoms with E-state index in [0.29, 0.717) is 6.42 Å². The Bertz CT molecular complexity index is 822. The Hall–Kier alpha value is -2.66. The van der Waals surface area contributed by atoms with Gasteiger partial charge in [0.25, 0.3) is 0 Å². The fourth-order valence-electron chi connectivity index (χ4n) is 4.39. The molecular weight excluding hydrogens is 318 g/mol. The lowest BCUT2D eigenvalue weighted by molar-refractivity contribution is -0.168. The van der Waals surface area contributed by atoms with Gasteiger partial charge in [0.15, 0.2) is 0 Å². The second-order valence-corrected chi connectivity index (χ2v) is 6.49. The summed E-state index contributed by atoms with van der Waals surface area (Å²) < 4.78 is 10.2. The molecule has 0 radical (unpaired) electrons. The van der Waals surface area contributed by atoms with Gasteiger partial charge in [0, 0.05) is 6.42 Å². The molecule has 0 amide bonds. The third-order valence-corrected chi connectivity index (χ3v) is 5.44. The van der Waals surface area contributed by atoms with Crippen LogP contribution in [0, 0.1) is 0 Å². The maximum absolute atomic E-state index is 12.8. The van der Waals surface area contributed by atoms with Crippen LogP contribution in [0.25, 0.3) is 0 Å². The average Bonchev–Trinajstić information content (AvgIpc) is 3.24. The maximum Gasteiger partial charge on any atom is 0.331 e. The zero-order valence-corrected chi connectivity index (χ0v) is 14.1. The van der Waals surface area contributed by atoms with Crippen molar-refractivity contribution in [2.75, 3.05) is 14.2 Å². The molecule has 0 N–H and O–H groups in total. The molecule has 2 fully saturated rings. The van der Waals surface area contributed by atoms with Gasteiger partial charge in [0.2, 0.25) is 0 Å². The number of esters is 2. The molecule has 25 heavy (non-hydrogen) atoms. The van der Waals surface area contributed by atoms with Crippen molar-refractivity contribution in [2.45, 2.75) is 23.5 Å². The van der Waals surface area contributed by atoms with Crippen molar-refractivity contribution in [2.24, 2.45) is 0 Å². The minimum absolute atomic E-state index is 0.194. The van der Waals surface area contributed by atoms with E-state index in [1.54, 1.807) is 0 Å². The quantitative estimate of drug-likeness (QED) is 0.633. The summed E-state index contributed by atoms with van der Waals surface area (Å²) >= 11 is 0. The lowest BCUT2D eigenvalue weighted by atomic mass is 9.74. The van der Waals surface area contributed by atoms with Gasteiger partial charge in [0.1, 0.15) is 11.1 Å². The van der Waals surface area contributed by atoms with Crippen molar-refractivity contribution >= 4 is 11.9 Å². The largest absolute Gasteiger partial charge is 0.468 e. The predicted molar refractivity (Wildman–Crippen MR) is 90.5 cm³/mol. The number of benzene rings is 2. The van der Waals surface area contributed by atoms with E-state index >= 15 is 0 Å². The molecule has 0 bridgehead atoms. The summed E-state index contributed by atoms with van der Waals surface area (Å²) in [6.45, 7) is 0. The highest BCUT2D eigenvalue weighted by Gasteiger charge is 2.87. The lowest BCUT2D eigenvalue weighted by Crippen LogP contribution is -2.60. The molecule has 2 heterocycles. The average molecular weight is 337 g/mol. The summed E-state index contributed by atoms with van der Waals surface area (Å²) in [7, 11) is 2.77. The fraction of sp³-hybridized carbons (Fsp3) is 0.300. The van der Waals surface area contributed by atoms with Crippen LogP contribution in [0.5, 0.6) is 0 Å². The number of ether oxygens (including phenoxy) is 2. The lowest BCUT2D eigenvalue weighted by Gasteiger charge is -2.44. The summed E-state index contributed by atoms with van der Waals surface area (Å²) in [5, 5.41) is 0. The van der Waals surface area contributed by atoms with Gasteiger partial charge >= 0.3 is 11.9 Å². The highest BCUT2D eigenvalue weighted by molar-refractivity contribution is 5.97. The van der Waals surface area contributed by atoms with Crippen LogP contribution < -0.4 is 0 Å². The molecule has 5 nitrogen and oxygen atoms in total. The van der Waals surface area contributed by atoms with Gasteiger partial charge in [-0.2, -0.15) is 0 Å². The fourth-order valence-corrected chi connectivity index (χ4v) is 4.39. The molecule has 2 saturated heterocycles. The third kappa shape index (κ3) is 1.87. The van der Waals surface area contributed by atoms with Gasteiger partial charge in [-0.1, -0.05) is 60.7 Å². The normalized spacial score (nSPS) is 32.1. The molecule has 2 unspecified atom stereocenters. The molecule has 2 aliphatic heterocycles. The number of hydrogen-bond acceptors (Lipinski definition) is 5. The smallest absolute Gasteiger partial charge is 0.331 e. The minimum Gasteiger partial charge on any atom is -0.468 e. The van der Waals surface area contributed by atoms with E-state index in [1.807, 2.05) is 65.6 Å². The van der Waals surface area contributed by atoms with Crippen LogP contribution in [0.2, 0.25) is 0 Å². The van der Waals surface area contributed by atoms with Gasteiger partial charge in [-0.3, -0.25) is 4.90 Å². The van der Waals surface area contributed by atoms with E-state index in [2.05, 4.69) is 0 Å². The molecular formula is C20H19NO4. The Morgan fingerprint density at radius 2 is 1.48 bits per heavy atom. The Balaban J connectivity index is 1.83. The first-order valence-electron chi connectivity index (χ1n) is 8.19. The van der Waals surface area contributed by atoms with E-state index in [9.17, 15) is 9.59 Å². The second kappa shape index (κ2) is 5.43. The van der Waals surface area contributed by atoms with Crippen molar-refractivity contribution in [1.82, 2.24) is 4.90 Å². The van der Waals surface area contributed by atoms with E-state index in [1.165, 1.54) is 14.2 Å². The molecule has 0 aliphatic carbocycles. The highest BCUT2D eigenvalue weighted by atomic mass is 16.5. The van der Waals surface area contributed by atoms with E-state index < -0.39 is 11.1 Å². The van der Waals surface area contributed by atoms with Crippen LogP contribution in [-0.2, 0) is 24.6 Å². The van der Waals surface area contributed by atoms with E-state index in [0.717, 1.165) is 11.1 Å². The molecule has 5 heteroatoms. The Kier molecular flexibility index (Phi) is 3.44. The van der Waals surface area contributed by atoms with E-state index in [4.69, 9.17) is 9.47 Å². The highest BCUT2D eigenvalue weighted by Crippen LogP contribution is 2.74. The first-order chi connectivity index (χ1) is 12.1. The zero-order chi connectivity index (χ0) is 17.7. The van der Waals surface area contributed by atoms with Crippen molar-refractivity contribution in [3.63, 3.8) is 0 Å². The zero-order valence-electron chi connectivity index (χ0n) is 14.1. The molecule has 0 spiro atoms. The molecule has 128 valence electrons. The summed E-state index contributed by atoms with van der Waals surface area (Å²) in [4.78, 5) is 27.3. The summed E-state index contributed by atoms with van der Waals surface area (Å²) in [6, 6.07) is 19.0. The SMILES string of the molecule is COC(=O)C1(c2ccccc2)C[C@@]2(C(=O)OC)[C@H](c3ccccc3)N12. The van der Waals surface area contributed by atoms with Crippen molar-refractivity contribution in [1.29, 1.82) is 0 Å². The number of nitrogens with zero attached hydrogens (tertiary/aromatic N) is 1. The van der Waals surface area contributed by atoms with Crippen molar-refractivity contribution < 1.29 is 19.1 Å². The second-order valence-electron chi connectivity index (χ2n) is 6.49. The summed E-state index contributed by atoms with van der Waals surface area (Å²) in [5.41, 5.74) is 0.0830.